The molecule has 0 aromatic rings. The van der Waals surface area contributed by atoms with Gasteiger partial charge in [0, 0.05) is 19.1 Å². The van der Waals surface area contributed by atoms with Crippen LogP contribution in [0.3, 0.4) is 0 Å². The lowest BCUT2D eigenvalue weighted by Gasteiger charge is -2.15. The molecule has 4 N–H and O–H groups in total. The Morgan fingerprint density at radius 2 is 2.33 bits per heavy atom. The molecule has 15 heavy (non-hydrogen) atoms. The second-order valence-electron chi connectivity index (χ2n) is 4.62. The molecule has 1 rings (SSSR count). The number of nitrogens with two attached hydrogens (primary N) is 1. The summed E-state index contributed by atoms with van der Waals surface area (Å²) >= 11 is 0. The summed E-state index contributed by atoms with van der Waals surface area (Å²) in [6, 6.07) is 0.469. The highest BCUT2D eigenvalue weighted by Crippen LogP contribution is 2.05. The molecule has 0 aromatic carbocycles. The number of hydrogen-bond donors (Lipinski definition) is 3. The van der Waals surface area contributed by atoms with Crippen molar-refractivity contribution >= 4 is 5.96 Å². The minimum Gasteiger partial charge on any atom is -0.351 e. The van der Waals surface area contributed by atoms with Crippen molar-refractivity contribution in [1.82, 2.24) is 15.6 Å². The van der Waals surface area contributed by atoms with Crippen LogP contribution in [0.2, 0.25) is 0 Å². The first-order chi connectivity index (χ1) is 7.11. The Morgan fingerprint density at radius 3 is 2.80 bits per heavy atom. The van der Waals surface area contributed by atoms with Gasteiger partial charge >= 0.3 is 0 Å². The molecule has 5 nitrogen and oxygen atoms in total. The van der Waals surface area contributed by atoms with Gasteiger partial charge in [0.05, 0.1) is 0 Å². The number of guanidine groups is 1. The zero-order valence-corrected chi connectivity index (χ0v) is 9.95. The highest BCUT2D eigenvalue weighted by molar-refractivity contribution is 5.79. The normalized spacial score (nSPS) is 23.5. The van der Waals surface area contributed by atoms with Crippen molar-refractivity contribution in [2.45, 2.75) is 26.3 Å². The number of aliphatic imine (C=N–C) groups is 1. The van der Waals surface area contributed by atoms with Crippen molar-refractivity contribution in [3.8, 4) is 0 Å². The second-order valence-corrected chi connectivity index (χ2v) is 4.62. The van der Waals surface area contributed by atoms with Gasteiger partial charge in [-0.3, -0.25) is 10.4 Å². The Labute approximate surface area is 92.1 Å². The van der Waals surface area contributed by atoms with E-state index in [1.807, 2.05) is 0 Å². The summed E-state index contributed by atoms with van der Waals surface area (Å²) in [5.74, 6) is 6.68. The van der Waals surface area contributed by atoms with Gasteiger partial charge in [0.2, 0.25) is 5.96 Å². The van der Waals surface area contributed by atoms with Gasteiger partial charge in [0.15, 0.2) is 0 Å². The minimum absolute atomic E-state index is 0.469. The summed E-state index contributed by atoms with van der Waals surface area (Å²) in [6.45, 7) is 7.28. The predicted molar refractivity (Wildman–Crippen MR) is 63.5 cm³/mol. The van der Waals surface area contributed by atoms with Crippen molar-refractivity contribution in [1.29, 1.82) is 0 Å². The van der Waals surface area contributed by atoms with Gasteiger partial charge in [0.1, 0.15) is 0 Å². The van der Waals surface area contributed by atoms with Crippen LogP contribution in [0.15, 0.2) is 4.99 Å². The summed E-state index contributed by atoms with van der Waals surface area (Å²) in [7, 11) is 2.13. The zero-order valence-electron chi connectivity index (χ0n) is 9.95. The Hall–Kier alpha value is -0.810. The third-order valence-corrected chi connectivity index (χ3v) is 2.48. The molecule has 1 saturated heterocycles. The van der Waals surface area contributed by atoms with Gasteiger partial charge in [0.25, 0.3) is 0 Å². The van der Waals surface area contributed by atoms with E-state index in [0.29, 0.717) is 17.9 Å². The van der Waals surface area contributed by atoms with Crippen LogP contribution in [0.5, 0.6) is 0 Å². The zero-order chi connectivity index (χ0) is 11.3. The van der Waals surface area contributed by atoms with E-state index >= 15 is 0 Å². The molecule has 0 aliphatic carbocycles. The van der Waals surface area contributed by atoms with Crippen molar-refractivity contribution in [2.24, 2.45) is 16.8 Å². The maximum atomic E-state index is 5.41. The molecule has 1 fully saturated rings. The van der Waals surface area contributed by atoms with Gasteiger partial charge < -0.3 is 10.2 Å². The first kappa shape index (κ1) is 12.3. The Kier molecular flexibility index (Phi) is 4.84. The van der Waals surface area contributed by atoms with Crippen LogP contribution in [0, 0.1) is 5.92 Å². The molecule has 1 aliphatic heterocycles. The first-order valence-electron chi connectivity index (χ1n) is 5.58. The van der Waals surface area contributed by atoms with Gasteiger partial charge in [-0.05, 0) is 25.9 Å². The lowest BCUT2D eigenvalue weighted by Crippen LogP contribution is -2.47. The molecule has 0 spiro atoms. The van der Waals surface area contributed by atoms with Crippen LogP contribution >= 0.6 is 0 Å². The van der Waals surface area contributed by atoms with Crippen molar-refractivity contribution < 1.29 is 0 Å². The van der Waals surface area contributed by atoms with E-state index in [1.54, 1.807) is 0 Å². The molecule has 0 bridgehead atoms. The molecule has 0 radical (unpaired) electrons. The molecular weight excluding hydrogens is 190 g/mol. The second kappa shape index (κ2) is 5.92. The number of likely N-dealkylation sites (N-methyl/N-ethyl adjacent to an activating group) is 1. The molecule has 1 atom stereocenters. The molecule has 0 amide bonds. The lowest BCUT2D eigenvalue weighted by atomic mass is 10.2. The molecule has 1 heterocycles. The molecule has 0 saturated carbocycles. The van der Waals surface area contributed by atoms with Gasteiger partial charge in [-0.2, -0.15) is 0 Å². The van der Waals surface area contributed by atoms with Gasteiger partial charge in [-0.1, -0.05) is 13.8 Å². The van der Waals surface area contributed by atoms with Crippen molar-refractivity contribution in [3.63, 3.8) is 0 Å². The average molecular weight is 213 g/mol. The fourth-order valence-electron chi connectivity index (χ4n) is 1.65. The topological polar surface area (TPSA) is 65.7 Å². The Bertz CT molecular complexity index is 214. The van der Waals surface area contributed by atoms with E-state index in [4.69, 9.17) is 5.84 Å². The highest BCUT2D eigenvalue weighted by atomic mass is 15.3. The molecular formula is C10H23N5. The van der Waals surface area contributed by atoms with Crippen LogP contribution in [0.4, 0.5) is 0 Å². The SMILES string of the molecule is CC(C)CN=C(NN)NC1CCN(C)C1. The molecule has 1 unspecified atom stereocenters. The maximum Gasteiger partial charge on any atom is 0.205 e. The van der Waals surface area contributed by atoms with Crippen molar-refractivity contribution in [2.75, 3.05) is 26.7 Å². The highest BCUT2D eigenvalue weighted by Gasteiger charge is 2.19. The first-order valence-corrected chi connectivity index (χ1v) is 5.58. The molecule has 5 heteroatoms. The summed E-state index contributed by atoms with van der Waals surface area (Å²) in [6.07, 6.45) is 1.15. The largest absolute Gasteiger partial charge is 0.351 e. The summed E-state index contributed by atoms with van der Waals surface area (Å²) < 4.78 is 0. The lowest BCUT2D eigenvalue weighted by molar-refractivity contribution is 0.406. The third kappa shape index (κ3) is 4.48. The van der Waals surface area contributed by atoms with E-state index in [2.05, 4.69) is 41.5 Å². The molecule has 1 aliphatic rings. The van der Waals surface area contributed by atoms with Crippen LogP contribution < -0.4 is 16.6 Å². The van der Waals surface area contributed by atoms with Crippen molar-refractivity contribution in [3.05, 3.63) is 0 Å². The van der Waals surface area contributed by atoms with Crippen LogP contribution in [-0.4, -0.2) is 43.6 Å². The predicted octanol–water partition coefficient (Wildman–Crippen LogP) is -0.245. The smallest absolute Gasteiger partial charge is 0.205 e. The third-order valence-electron chi connectivity index (χ3n) is 2.48. The monoisotopic (exact) mass is 213 g/mol. The van der Waals surface area contributed by atoms with Crippen LogP contribution in [0.25, 0.3) is 0 Å². The fourth-order valence-corrected chi connectivity index (χ4v) is 1.65. The van der Waals surface area contributed by atoms with E-state index in [1.165, 1.54) is 0 Å². The number of rotatable bonds is 3. The average Bonchev–Trinajstić information content (AvgIpc) is 2.58. The van der Waals surface area contributed by atoms with Gasteiger partial charge in [-0.25, -0.2) is 5.84 Å². The summed E-state index contributed by atoms with van der Waals surface area (Å²) in [5, 5.41) is 3.32. The van der Waals surface area contributed by atoms with Gasteiger partial charge in [-0.15, -0.1) is 0 Å². The van der Waals surface area contributed by atoms with E-state index in [-0.39, 0.29) is 0 Å². The Morgan fingerprint density at radius 1 is 1.60 bits per heavy atom. The van der Waals surface area contributed by atoms with E-state index < -0.39 is 0 Å². The van der Waals surface area contributed by atoms with Crippen LogP contribution in [0.1, 0.15) is 20.3 Å². The Balaban J connectivity index is 2.36. The minimum atomic E-state index is 0.469. The van der Waals surface area contributed by atoms with Crippen LogP contribution in [-0.2, 0) is 0 Å². The van der Waals surface area contributed by atoms with E-state index in [0.717, 1.165) is 26.1 Å². The standard InChI is InChI=1S/C10H23N5/c1-8(2)6-12-10(14-11)13-9-4-5-15(3)7-9/h8-9H,4-7,11H2,1-3H3,(H2,12,13,14). The number of hydrogen-bond acceptors (Lipinski definition) is 3. The summed E-state index contributed by atoms with van der Waals surface area (Å²) in [5.41, 5.74) is 2.62. The number of hydrazine groups is 1. The fraction of sp³-hybridized carbons (Fsp3) is 0.900. The van der Waals surface area contributed by atoms with E-state index in [9.17, 15) is 0 Å². The number of nitrogens with zero attached hydrogens (tertiary/aromatic N) is 2. The molecule has 88 valence electrons. The number of nitrogens with one attached hydrogen (secondary N) is 2. The number of likely N-dealkylation sites (tertiary alicyclic amines) is 1. The molecule has 0 aromatic heterocycles. The summed E-state index contributed by atoms with van der Waals surface area (Å²) in [4.78, 5) is 6.68. The quantitative estimate of drug-likeness (QED) is 0.262. The maximum absolute atomic E-state index is 5.41.